The van der Waals surface area contributed by atoms with Gasteiger partial charge in [0.2, 0.25) is 0 Å². The Kier molecular flexibility index (Phi) is 6.29. The number of fused-ring (bicyclic) bond motifs is 1. The van der Waals surface area contributed by atoms with E-state index in [0.717, 1.165) is 10.7 Å². The Morgan fingerprint density at radius 3 is 2.43 bits per heavy atom. The highest BCUT2D eigenvalue weighted by Gasteiger charge is 2.24. The number of anilines is 1. The fraction of sp³-hybridized carbons (Fsp3) is 0.304. The third-order valence-corrected chi connectivity index (χ3v) is 5.89. The van der Waals surface area contributed by atoms with Crippen molar-refractivity contribution in [1.29, 1.82) is 0 Å². The number of alkyl halides is 3. The average Bonchev–Trinajstić information content (AvgIpc) is 3.34. The topological polar surface area (TPSA) is 63.0 Å². The second-order valence-corrected chi connectivity index (χ2v) is 8.18. The molecule has 0 amide bonds. The highest BCUT2D eigenvalue weighted by molar-refractivity contribution is 5.83. The number of rotatable bonds is 6. The van der Waals surface area contributed by atoms with Gasteiger partial charge in [-0.2, -0.15) is 5.10 Å². The summed E-state index contributed by atoms with van der Waals surface area (Å²) in [7, 11) is 0. The van der Waals surface area contributed by atoms with Gasteiger partial charge < -0.3 is 4.90 Å². The van der Waals surface area contributed by atoms with E-state index in [4.69, 9.17) is 0 Å². The molecule has 0 radical (unpaired) electrons. The zero-order chi connectivity index (χ0) is 24.5. The lowest BCUT2D eigenvalue weighted by Crippen LogP contribution is -2.46. The first-order chi connectivity index (χ1) is 16.9. The van der Waals surface area contributed by atoms with Crippen molar-refractivity contribution < 1.29 is 22.0 Å². The molecule has 4 aromatic rings. The van der Waals surface area contributed by atoms with Gasteiger partial charge in [-0.15, -0.1) is 0 Å². The largest absolute Gasteiger partial charge is 0.352 e. The van der Waals surface area contributed by atoms with E-state index in [2.05, 4.69) is 20.1 Å². The summed E-state index contributed by atoms with van der Waals surface area (Å²) in [6.07, 6.45) is 1.43. The lowest BCUT2D eigenvalue weighted by Gasteiger charge is -2.36. The third-order valence-electron chi connectivity index (χ3n) is 5.89. The highest BCUT2D eigenvalue weighted by Crippen LogP contribution is 2.31. The third kappa shape index (κ3) is 4.78. The minimum absolute atomic E-state index is 0.243. The van der Waals surface area contributed by atoms with Crippen molar-refractivity contribution in [2.24, 2.45) is 0 Å². The number of aromatic nitrogens is 5. The van der Waals surface area contributed by atoms with Gasteiger partial charge in [0.05, 0.1) is 17.9 Å². The average molecular weight is 489 g/mol. The van der Waals surface area contributed by atoms with Crippen LogP contribution in [0.2, 0.25) is 0 Å². The molecule has 4 heterocycles. The summed E-state index contributed by atoms with van der Waals surface area (Å²) < 4.78 is 67.8. The maximum atomic E-state index is 14.1. The summed E-state index contributed by atoms with van der Waals surface area (Å²) in [5.74, 6) is -0.713. The molecule has 35 heavy (non-hydrogen) atoms. The van der Waals surface area contributed by atoms with Gasteiger partial charge in [0.1, 0.15) is 28.5 Å². The molecule has 12 heteroatoms. The lowest BCUT2D eigenvalue weighted by atomic mass is 10.1. The van der Waals surface area contributed by atoms with Gasteiger partial charge >= 0.3 is 0 Å². The molecule has 1 fully saturated rings. The van der Waals surface area contributed by atoms with Crippen molar-refractivity contribution in [1.82, 2.24) is 29.6 Å². The van der Waals surface area contributed by atoms with Gasteiger partial charge in [-0.1, -0.05) is 6.07 Å². The number of hydrogen-bond donors (Lipinski definition) is 0. The van der Waals surface area contributed by atoms with Gasteiger partial charge in [0, 0.05) is 56.1 Å². The Labute approximate surface area is 196 Å². The molecule has 1 saturated heterocycles. The number of piperazine rings is 1. The Hall–Kier alpha value is -3.67. The molecule has 0 atom stereocenters. The van der Waals surface area contributed by atoms with E-state index in [1.165, 1.54) is 36.8 Å². The van der Waals surface area contributed by atoms with Crippen LogP contribution in [0.3, 0.4) is 0 Å². The fourth-order valence-corrected chi connectivity index (χ4v) is 4.06. The summed E-state index contributed by atoms with van der Waals surface area (Å²) in [5.41, 5.74) is 1.48. The molecule has 7 nitrogen and oxygen atoms in total. The first-order valence-corrected chi connectivity index (χ1v) is 10.9. The van der Waals surface area contributed by atoms with Crippen LogP contribution in [-0.4, -0.2) is 55.8 Å². The predicted octanol–water partition coefficient (Wildman–Crippen LogP) is 4.35. The molecule has 1 aliphatic heterocycles. The zero-order valence-corrected chi connectivity index (χ0v) is 18.4. The highest BCUT2D eigenvalue weighted by atomic mass is 19.3. The minimum atomic E-state index is -2.75. The molecule has 3 aromatic heterocycles. The van der Waals surface area contributed by atoms with Crippen molar-refractivity contribution in [3.8, 4) is 11.3 Å². The van der Waals surface area contributed by atoms with Gasteiger partial charge in [-0.05, 0) is 12.1 Å². The van der Waals surface area contributed by atoms with E-state index in [0.29, 0.717) is 60.9 Å². The van der Waals surface area contributed by atoms with Crippen LogP contribution < -0.4 is 4.90 Å². The quantitative estimate of drug-likeness (QED) is 0.376. The van der Waals surface area contributed by atoms with Gasteiger partial charge in [0.25, 0.3) is 6.43 Å². The van der Waals surface area contributed by atoms with E-state index in [-0.39, 0.29) is 5.52 Å². The molecular formula is C23H20F5N7. The van der Waals surface area contributed by atoms with Crippen molar-refractivity contribution in [2.45, 2.75) is 19.8 Å². The van der Waals surface area contributed by atoms with E-state index >= 15 is 0 Å². The SMILES string of the molecule is FCn1cc(-c2nc3cc(C(F)F)ncc3nc2N2CCN(Cc3ccc(F)cc3F)CC2)cn1. The van der Waals surface area contributed by atoms with E-state index in [1.54, 1.807) is 0 Å². The smallest absolute Gasteiger partial charge is 0.280 e. The van der Waals surface area contributed by atoms with Crippen LogP contribution in [0, 0.1) is 11.6 Å². The van der Waals surface area contributed by atoms with Crippen LogP contribution in [0.15, 0.2) is 42.9 Å². The van der Waals surface area contributed by atoms with Crippen LogP contribution in [0.1, 0.15) is 17.7 Å². The predicted molar refractivity (Wildman–Crippen MR) is 118 cm³/mol. The minimum Gasteiger partial charge on any atom is -0.352 e. The Morgan fingerprint density at radius 2 is 1.74 bits per heavy atom. The molecule has 0 bridgehead atoms. The molecule has 0 unspecified atom stereocenters. The molecule has 0 aliphatic carbocycles. The number of benzene rings is 1. The Bertz CT molecular complexity index is 1350. The molecule has 1 aliphatic rings. The molecule has 182 valence electrons. The first-order valence-electron chi connectivity index (χ1n) is 10.9. The summed E-state index contributed by atoms with van der Waals surface area (Å²) in [5, 5.41) is 3.95. The van der Waals surface area contributed by atoms with Crippen LogP contribution >= 0.6 is 0 Å². The molecule has 0 N–H and O–H groups in total. The van der Waals surface area contributed by atoms with Gasteiger partial charge in [0.15, 0.2) is 12.6 Å². The zero-order valence-electron chi connectivity index (χ0n) is 18.4. The molecule has 0 saturated carbocycles. The van der Waals surface area contributed by atoms with Crippen LogP contribution in [0.5, 0.6) is 0 Å². The van der Waals surface area contributed by atoms with Crippen molar-refractivity contribution in [3.05, 3.63) is 65.7 Å². The molecular weight excluding hydrogens is 469 g/mol. The van der Waals surface area contributed by atoms with Crippen molar-refractivity contribution in [2.75, 3.05) is 31.1 Å². The standard InChI is InChI=1S/C23H20F5N7/c24-13-35-12-15(9-30-35)21-23(32-20-10-29-19(22(27)28)8-18(20)31-21)34-5-3-33(4-6-34)11-14-1-2-16(25)7-17(14)26/h1-2,7-10,12,22H,3-6,11,13H2. The lowest BCUT2D eigenvalue weighted by molar-refractivity contribution is 0.146. The van der Waals surface area contributed by atoms with E-state index in [9.17, 15) is 22.0 Å². The number of hydrogen-bond acceptors (Lipinski definition) is 6. The second kappa shape index (κ2) is 9.53. The maximum Gasteiger partial charge on any atom is 0.280 e. The maximum absolute atomic E-state index is 14.1. The Balaban J connectivity index is 1.43. The second-order valence-electron chi connectivity index (χ2n) is 8.18. The van der Waals surface area contributed by atoms with Crippen molar-refractivity contribution >= 4 is 16.9 Å². The summed E-state index contributed by atoms with van der Waals surface area (Å²) in [6.45, 7) is 1.70. The number of halogens is 5. The summed E-state index contributed by atoms with van der Waals surface area (Å²) in [6, 6.07) is 4.73. The summed E-state index contributed by atoms with van der Waals surface area (Å²) in [4.78, 5) is 17.0. The van der Waals surface area contributed by atoms with Crippen LogP contribution in [0.4, 0.5) is 27.8 Å². The monoisotopic (exact) mass is 489 g/mol. The normalized spacial score (nSPS) is 14.9. The number of nitrogens with zero attached hydrogens (tertiary/aromatic N) is 7. The Morgan fingerprint density at radius 1 is 0.943 bits per heavy atom. The van der Waals surface area contributed by atoms with Gasteiger partial charge in [-0.3, -0.25) is 9.88 Å². The van der Waals surface area contributed by atoms with E-state index < -0.39 is 30.6 Å². The summed E-state index contributed by atoms with van der Waals surface area (Å²) >= 11 is 0. The number of pyridine rings is 1. The van der Waals surface area contributed by atoms with Crippen LogP contribution in [0.25, 0.3) is 22.3 Å². The van der Waals surface area contributed by atoms with E-state index in [1.807, 2.05) is 9.80 Å². The van der Waals surface area contributed by atoms with Gasteiger partial charge in [-0.25, -0.2) is 36.6 Å². The molecule has 1 aromatic carbocycles. The fourth-order valence-electron chi connectivity index (χ4n) is 4.06. The van der Waals surface area contributed by atoms with Crippen molar-refractivity contribution in [3.63, 3.8) is 0 Å². The molecule has 0 spiro atoms. The van der Waals surface area contributed by atoms with Crippen LogP contribution in [-0.2, 0) is 13.3 Å². The molecule has 5 rings (SSSR count). The first kappa shape index (κ1) is 23.1.